The molecule has 1 aliphatic heterocycles. The molecular formula is C11H11N3O3S. The SMILES string of the molecule is CC(CC(=O)O)NC(=O)c1ccc2c(c1)N=S=N2. The molecule has 1 amide bonds. The smallest absolute Gasteiger partial charge is 0.305 e. The van der Waals surface area contributed by atoms with Gasteiger partial charge in [0.1, 0.15) is 11.4 Å². The van der Waals surface area contributed by atoms with Crippen LogP contribution in [0.3, 0.4) is 0 Å². The Hall–Kier alpha value is -2.02. The van der Waals surface area contributed by atoms with E-state index in [1.165, 1.54) is 0 Å². The minimum absolute atomic E-state index is 0.105. The highest BCUT2D eigenvalue weighted by Gasteiger charge is 2.14. The van der Waals surface area contributed by atoms with E-state index >= 15 is 0 Å². The van der Waals surface area contributed by atoms with Crippen LogP contribution in [0, 0.1) is 0 Å². The number of carboxylic acids is 1. The molecule has 18 heavy (non-hydrogen) atoms. The molecule has 94 valence electrons. The van der Waals surface area contributed by atoms with Gasteiger partial charge in [-0.25, -0.2) is 0 Å². The number of fused-ring (bicyclic) bond motifs is 1. The highest BCUT2D eigenvalue weighted by Crippen LogP contribution is 2.31. The fraction of sp³-hybridized carbons (Fsp3) is 0.273. The van der Waals surface area contributed by atoms with Gasteiger partial charge in [0.05, 0.1) is 17.8 Å². The number of rotatable bonds is 4. The van der Waals surface area contributed by atoms with Crippen LogP contribution >= 0.6 is 0 Å². The van der Waals surface area contributed by atoms with Crippen molar-refractivity contribution in [2.45, 2.75) is 19.4 Å². The van der Waals surface area contributed by atoms with E-state index in [4.69, 9.17) is 5.11 Å². The molecule has 1 unspecified atom stereocenters. The molecule has 0 saturated carbocycles. The van der Waals surface area contributed by atoms with Crippen LogP contribution < -0.4 is 5.32 Å². The van der Waals surface area contributed by atoms with Crippen LogP contribution in [0.2, 0.25) is 0 Å². The Kier molecular flexibility index (Phi) is 3.52. The third-order valence-electron chi connectivity index (χ3n) is 2.37. The zero-order valence-electron chi connectivity index (χ0n) is 9.58. The minimum atomic E-state index is -0.943. The summed E-state index contributed by atoms with van der Waals surface area (Å²) in [7, 11) is 0. The largest absolute Gasteiger partial charge is 0.481 e. The van der Waals surface area contributed by atoms with E-state index in [0.29, 0.717) is 11.3 Å². The van der Waals surface area contributed by atoms with E-state index < -0.39 is 12.0 Å². The molecule has 0 aliphatic carbocycles. The lowest BCUT2D eigenvalue weighted by Crippen LogP contribution is -2.34. The molecule has 6 nitrogen and oxygen atoms in total. The third kappa shape index (κ3) is 2.80. The quantitative estimate of drug-likeness (QED) is 0.885. The number of aliphatic carboxylic acids is 1. The first-order chi connectivity index (χ1) is 8.56. The normalized spacial score (nSPS) is 13.6. The number of carbonyl (C=O) groups is 2. The maximum absolute atomic E-state index is 11.9. The molecule has 0 spiro atoms. The van der Waals surface area contributed by atoms with E-state index in [1.54, 1.807) is 25.1 Å². The summed E-state index contributed by atoms with van der Waals surface area (Å²) < 4.78 is 8.09. The lowest BCUT2D eigenvalue weighted by Gasteiger charge is -2.11. The van der Waals surface area contributed by atoms with E-state index in [1.807, 2.05) is 0 Å². The molecule has 2 N–H and O–H groups in total. The highest BCUT2D eigenvalue weighted by atomic mass is 32.1. The molecule has 0 bridgehead atoms. The van der Waals surface area contributed by atoms with Crippen LogP contribution in [0.25, 0.3) is 0 Å². The molecule has 1 aromatic carbocycles. The Morgan fingerprint density at radius 3 is 2.83 bits per heavy atom. The maximum atomic E-state index is 11.9. The van der Waals surface area contributed by atoms with Gasteiger partial charge in [0.25, 0.3) is 5.91 Å². The van der Waals surface area contributed by atoms with Gasteiger partial charge in [0.15, 0.2) is 0 Å². The molecule has 1 atom stereocenters. The molecule has 0 aromatic heterocycles. The van der Waals surface area contributed by atoms with Gasteiger partial charge in [-0.15, -0.1) is 0 Å². The Labute approximate surface area is 107 Å². The average molecular weight is 265 g/mol. The molecule has 2 rings (SSSR count). The van der Waals surface area contributed by atoms with Gasteiger partial charge in [-0.3, -0.25) is 9.59 Å². The number of benzene rings is 1. The fourth-order valence-electron chi connectivity index (χ4n) is 1.54. The summed E-state index contributed by atoms with van der Waals surface area (Å²) >= 11 is 1.09. The highest BCUT2D eigenvalue weighted by molar-refractivity contribution is 7.58. The first-order valence-corrected chi connectivity index (χ1v) is 6.04. The summed E-state index contributed by atoms with van der Waals surface area (Å²) in [6.45, 7) is 1.65. The van der Waals surface area contributed by atoms with E-state index in [-0.39, 0.29) is 12.3 Å². The molecule has 1 aromatic rings. The Morgan fingerprint density at radius 1 is 1.39 bits per heavy atom. The second-order valence-corrected chi connectivity index (χ2v) is 4.47. The fourth-order valence-corrected chi connectivity index (χ4v) is 2.06. The van der Waals surface area contributed by atoms with E-state index in [0.717, 1.165) is 17.0 Å². The van der Waals surface area contributed by atoms with Gasteiger partial charge in [-0.2, -0.15) is 8.73 Å². The predicted molar refractivity (Wildman–Crippen MR) is 67.2 cm³/mol. The first-order valence-electron chi connectivity index (χ1n) is 5.31. The van der Waals surface area contributed by atoms with Crippen molar-refractivity contribution < 1.29 is 14.7 Å². The summed E-state index contributed by atoms with van der Waals surface area (Å²) in [5.74, 6) is -1.25. The van der Waals surface area contributed by atoms with Gasteiger partial charge < -0.3 is 10.4 Å². The van der Waals surface area contributed by atoms with Crippen molar-refractivity contribution in [3.8, 4) is 0 Å². The summed E-state index contributed by atoms with van der Waals surface area (Å²) in [6.07, 6.45) is -0.105. The van der Waals surface area contributed by atoms with Crippen molar-refractivity contribution in [3.05, 3.63) is 23.8 Å². The maximum Gasteiger partial charge on any atom is 0.305 e. The lowest BCUT2D eigenvalue weighted by molar-refractivity contribution is -0.137. The summed E-state index contributed by atoms with van der Waals surface area (Å²) in [6, 6.07) is 4.59. The zero-order valence-corrected chi connectivity index (χ0v) is 10.4. The Morgan fingerprint density at radius 2 is 2.11 bits per heavy atom. The Bertz CT molecular complexity index is 579. The molecule has 1 aliphatic rings. The van der Waals surface area contributed by atoms with Crippen LogP contribution in [0.5, 0.6) is 0 Å². The van der Waals surface area contributed by atoms with Crippen molar-refractivity contribution in [1.29, 1.82) is 0 Å². The summed E-state index contributed by atoms with van der Waals surface area (Å²) in [5.41, 5.74) is 1.86. The molecule has 1 heterocycles. The average Bonchev–Trinajstić information content (AvgIpc) is 2.74. The number of amides is 1. The second-order valence-electron chi connectivity index (χ2n) is 3.94. The van der Waals surface area contributed by atoms with Crippen LogP contribution in [-0.4, -0.2) is 23.0 Å². The van der Waals surface area contributed by atoms with Gasteiger partial charge in [0.2, 0.25) is 0 Å². The van der Waals surface area contributed by atoms with Gasteiger partial charge in [0, 0.05) is 11.6 Å². The molecule has 0 fully saturated rings. The number of nitrogens with zero attached hydrogens (tertiary/aromatic N) is 2. The number of carbonyl (C=O) groups excluding carboxylic acids is 1. The van der Waals surface area contributed by atoms with Gasteiger partial charge >= 0.3 is 5.97 Å². The topological polar surface area (TPSA) is 91.1 Å². The van der Waals surface area contributed by atoms with Crippen molar-refractivity contribution in [2.75, 3.05) is 0 Å². The number of carboxylic acid groups (broad SMARTS) is 1. The Balaban J connectivity index is 2.06. The van der Waals surface area contributed by atoms with Gasteiger partial charge in [-0.1, -0.05) is 0 Å². The van der Waals surface area contributed by atoms with Crippen molar-refractivity contribution in [3.63, 3.8) is 0 Å². The van der Waals surface area contributed by atoms with E-state index in [2.05, 4.69) is 14.0 Å². The summed E-state index contributed by atoms with van der Waals surface area (Å²) in [5, 5.41) is 11.2. The lowest BCUT2D eigenvalue weighted by atomic mass is 10.1. The molecule has 0 radical (unpaired) electrons. The standard InChI is InChI=1S/C11H11N3O3S/c1-6(4-10(15)16)12-11(17)7-2-3-8-9(5-7)14-18-13-8/h2-3,5-6H,4H2,1H3,(H,12,17)(H,15,16). The van der Waals surface area contributed by atoms with Crippen LogP contribution in [-0.2, 0) is 16.1 Å². The van der Waals surface area contributed by atoms with Crippen molar-refractivity contribution in [2.24, 2.45) is 8.73 Å². The number of hydrogen-bond donors (Lipinski definition) is 2. The third-order valence-corrected chi connectivity index (χ3v) is 2.93. The molecule has 0 saturated heterocycles. The minimum Gasteiger partial charge on any atom is -0.481 e. The van der Waals surface area contributed by atoms with Crippen LogP contribution in [0.1, 0.15) is 23.7 Å². The first kappa shape index (κ1) is 12.4. The van der Waals surface area contributed by atoms with E-state index in [9.17, 15) is 9.59 Å². The van der Waals surface area contributed by atoms with Crippen molar-refractivity contribution >= 4 is 34.6 Å². The second kappa shape index (κ2) is 5.09. The number of nitrogens with one attached hydrogen (secondary N) is 1. The van der Waals surface area contributed by atoms with Crippen LogP contribution in [0.15, 0.2) is 26.9 Å². The molecule has 7 heteroatoms. The monoisotopic (exact) mass is 265 g/mol. The zero-order chi connectivity index (χ0) is 13.1. The van der Waals surface area contributed by atoms with Crippen molar-refractivity contribution in [1.82, 2.24) is 5.32 Å². The van der Waals surface area contributed by atoms with Gasteiger partial charge in [-0.05, 0) is 25.1 Å². The summed E-state index contributed by atoms with van der Waals surface area (Å²) in [4.78, 5) is 22.4. The number of hydrogen-bond acceptors (Lipinski definition) is 4. The predicted octanol–water partition coefficient (Wildman–Crippen LogP) is 2.01. The molecular weight excluding hydrogens is 254 g/mol. The van der Waals surface area contributed by atoms with Crippen LogP contribution in [0.4, 0.5) is 11.4 Å².